The highest BCUT2D eigenvalue weighted by molar-refractivity contribution is 5.85. The van der Waals surface area contributed by atoms with E-state index in [1.807, 2.05) is 24.3 Å². The molecule has 0 radical (unpaired) electrons. The number of aromatic nitrogens is 1. The lowest BCUT2D eigenvalue weighted by atomic mass is 10.1. The summed E-state index contributed by atoms with van der Waals surface area (Å²) in [5.41, 5.74) is 1.23. The number of hydrogen-bond acceptors (Lipinski definition) is 4. The minimum atomic E-state index is 0.168. The molecule has 0 aliphatic rings. The molecular formula is C16H10N2O2. The van der Waals surface area contributed by atoms with E-state index >= 15 is 0 Å². The summed E-state index contributed by atoms with van der Waals surface area (Å²) in [5, 5.41) is 19.2. The number of fused-ring (bicyclic) bond motifs is 1. The maximum atomic E-state index is 9.23. The number of aromatic hydroxyl groups is 1. The SMILES string of the molecule is N#Cc1cc(Oc2ccc(O)cc2)nc2ccccc12. The van der Waals surface area contributed by atoms with Gasteiger partial charge in [0, 0.05) is 11.5 Å². The maximum Gasteiger partial charge on any atom is 0.221 e. The average Bonchev–Trinajstić information content (AvgIpc) is 2.49. The van der Waals surface area contributed by atoms with Gasteiger partial charge in [-0.2, -0.15) is 5.26 Å². The minimum absolute atomic E-state index is 0.168. The zero-order valence-electron chi connectivity index (χ0n) is 10.4. The fraction of sp³-hybridized carbons (Fsp3) is 0. The molecular weight excluding hydrogens is 252 g/mol. The van der Waals surface area contributed by atoms with Gasteiger partial charge >= 0.3 is 0 Å². The van der Waals surface area contributed by atoms with Gasteiger partial charge in [-0.05, 0) is 30.3 Å². The Hall–Kier alpha value is -3.06. The summed E-state index contributed by atoms with van der Waals surface area (Å²) >= 11 is 0. The van der Waals surface area contributed by atoms with Crippen molar-refractivity contribution in [2.45, 2.75) is 0 Å². The summed E-state index contributed by atoms with van der Waals surface area (Å²) in [7, 11) is 0. The molecule has 0 saturated carbocycles. The highest BCUT2D eigenvalue weighted by atomic mass is 16.5. The number of phenols is 1. The van der Waals surface area contributed by atoms with Crippen LogP contribution in [0.1, 0.15) is 5.56 Å². The first-order valence-electron chi connectivity index (χ1n) is 6.03. The summed E-state index contributed by atoms with van der Waals surface area (Å²) in [5.74, 6) is 1.07. The van der Waals surface area contributed by atoms with Gasteiger partial charge in [-0.25, -0.2) is 4.98 Å². The van der Waals surface area contributed by atoms with E-state index < -0.39 is 0 Å². The van der Waals surface area contributed by atoms with Crippen molar-refractivity contribution in [3.05, 3.63) is 60.2 Å². The van der Waals surface area contributed by atoms with Crippen molar-refractivity contribution >= 4 is 10.9 Å². The third-order valence-electron chi connectivity index (χ3n) is 2.87. The van der Waals surface area contributed by atoms with Gasteiger partial charge in [0.15, 0.2) is 0 Å². The number of benzene rings is 2. The predicted molar refractivity (Wildman–Crippen MR) is 74.6 cm³/mol. The molecule has 0 unspecified atom stereocenters. The monoisotopic (exact) mass is 262 g/mol. The standard InChI is InChI=1S/C16H10N2O2/c17-10-11-9-16(18-15-4-2-1-3-14(11)15)20-13-7-5-12(19)6-8-13/h1-9,19H. The molecule has 0 bridgehead atoms. The van der Waals surface area contributed by atoms with Crippen molar-refractivity contribution in [3.63, 3.8) is 0 Å². The van der Waals surface area contributed by atoms with Crippen LogP contribution < -0.4 is 4.74 Å². The molecule has 1 heterocycles. The Labute approximate surface area is 115 Å². The Kier molecular flexibility index (Phi) is 2.94. The molecule has 20 heavy (non-hydrogen) atoms. The van der Waals surface area contributed by atoms with Crippen LogP contribution in [0.15, 0.2) is 54.6 Å². The summed E-state index contributed by atoms with van der Waals surface area (Å²) < 4.78 is 5.61. The van der Waals surface area contributed by atoms with Gasteiger partial charge in [0.05, 0.1) is 11.1 Å². The zero-order chi connectivity index (χ0) is 13.9. The number of phenolic OH excluding ortho intramolecular Hbond substituents is 1. The Morgan fingerprint density at radius 2 is 1.80 bits per heavy atom. The van der Waals surface area contributed by atoms with Crippen LogP contribution in [0.25, 0.3) is 10.9 Å². The van der Waals surface area contributed by atoms with Gasteiger partial charge in [-0.3, -0.25) is 0 Å². The van der Waals surface area contributed by atoms with Crippen LogP contribution in [-0.2, 0) is 0 Å². The first-order chi connectivity index (χ1) is 9.76. The average molecular weight is 262 g/mol. The number of nitriles is 1. The first-order valence-corrected chi connectivity index (χ1v) is 6.03. The van der Waals surface area contributed by atoms with E-state index in [0.29, 0.717) is 22.7 Å². The normalized spacial score (nSPS) is 10.2. The summed E-state index contributed by atoms with van der Waals surface area (Å²) in [6.07, 6.45) is 0. The molecule has 3 rings (SSSR count). The molecule has 0 aliphatic heterocycles. The third kappa shape index (κ3) is 2.25. The van der Waals surface area contributed by atoms with E-state index in [1.165, 1.54) is 12.1 Å². The van der Waals surface area contributed by atoms with Gasteiger partial charge < -0.3 is 9.84 Å². The van der Waals surface area contributed by atoms with E-state index in [1.54, 1.807) is 18.2 Å². The van der Waals surface area contributed by atoms with E-state index in [9.17, 15) is 10.4 Å². The molecule has 0 fully saturated rings. The fourth-order valence-corrected chi connectivity index (χ4v) is 1.93. The third-order valence-corrected chi connectivity index (χ3v) is 2.87. The van der Waals surface area contributed by atoms with Crippen LogP contribution in [0.2, 0.25) is 0 Å². The molecule has 0 saturated heterocycles. The van der Waals surface area contributed by atoms with E-state index in [0.717, 1.165) is 5.39 Å². The molecule has 96 valence electrons. The highest BCUT2D eigenvalue weighted by Gasteiger charge is 2.06. The van der Waals surface area contributed by atoms with Gasteiger partial charge in [-0.1, -0.05) is 18.2 Å². The van der Waals surface area contributed by atoms with Crippen molar-refractivity contribution in [2.75, 3.05) is 0 Å². The molecule has 1 N–H and O–H groups in total. The minimum Gasteiger partial charge on any atom is -0.508 e. The molecule has 0 aliphatic carbocycles. The van der Waals surface area contributed by atoms with Crippen LogP contribution in [0, 0.1) is 11.3 Å². The molecule has 0 spiro atoms. The maximum absolute atomic E-state index is 9.23. The number of rotatable bonds is 2. The van der Waals surface area contributed by atoms with E-state index in [2.05, 4.69) is 11.1 Å². The van der Waals surface area contributed by atoms with Crippen LogP contribution in [-0.4, -0.2) is 10.1 Å². The molecule has 1 aromatic heterocycles. The van der Waals surface area contributed by atoms with Crippen LogP contribution in [0.4, 0.5) is 0 Å². The number of para-hydroxylation sites is 1. The van der Waals surface area contributed by atoms with Crippen molar-refractivity contribution in [1.82, 2.24) is 4.98 Å². The second-order valence-corrected chi connectivity index (χ2v) is 4.23. The van der Waals surface area contributed by atoms with Crippen LogP contribution in [0.5, 0.6) is 17.4 Å². The van der Waals surface area contributed by atoms with E-state index in [4.69, 9.17) is 4.74 Å². The van der Waals surface area contributed by atoms with E-state index in [-0.39, 0.29) is 5.75 Å². The molecule has 0 amide bonds. The van der Waals surface area contributed by atoms with Crippen molar-refractivity contribution in [3.8, 4) is 23.4 Å². The second-order valence-electron chi connectivity index (χ2n) is 4.23. The molecule has 2 aromatic carbocycles. The van der Waals surface area contributed by atoms with Crippen molar-refractivity contribution in [1.29, 1.82) is 5.26 Å². The van der Waals surface area contributed by atoms with Gasteiger partial charge in [0.2, 0.25) is 5.88 Å². The smallest absolute Gasteiger partial charge is 0.221 e. The second kappa shape index (κ2) is 4.90. The summed E-state index contributed by atoms with van der Waals surface area (Å²) in [6.45, 7) is 0. The zero-order valence-corrected chi connectivity index (χ0v) is 10.4. The lowest BCUT2D eigenvalue weighted by Gasteiger charge is -2.07. The number of ether oxygens (including phenoxy) is 1. The Bertz CT molecular complexity index is 805. The predicted octanol–water partition coefficient (Wildman–Crippen LogP) is 3.60. The lowest BCUT2D eigenvalue weighted by molar-refractivity contribution is 0.455. The van der Waals surface area contributed by atoms with Gasteiger partial charge in [0.25, 0.3) is 0 Å². The number of pyridine rings is 1. The Morgan fingerprint density at radius 3 is 2.55 bits per heavy atom. The van der Waals surface area contributed by atoms with Gasteiger partial charge in [0.1, 0.15) is 17.6 Å². The number of nitrogens with zero attached hydrogens (tertiary/aromatic N) is 2. The van der Waals surface area contributed by atoms with Crippen molar-refractivity contribution in [2.24, 2.45) is 0 Å². The molecule has 4 nitrogen and oxygen atoms in total. The summed E-state index contributed by atoms with van der Waals surface area (Å²) in [4.78, 5) is 4.37. The Morgan fingerprint density at radius 1 is 1.05 bits per heavy atom. The highest BCUT2D eigenvalue weighted by Crippen LogP contribution is 2.26. The molecule has 0 atom stereocenters. The van der Waals surface area contributed by atoms with Crippen molar-refractivity contribution < 1.29 is 9.84 Å². The first kappa shape index (κ1) is 12.0. The van der Waals surface area contributed by atoms with Gasteiger partial charge in [-0.15, -0.1) is 0 Å². The van der Waals surface area contributed by atoms with Crippen LogP contribution in [0.3, 0.4) is 0 Å². The van der Waals surface area contributed by atoms with Crippen LogP contribution >= 0.6 is 0 Å². The molecule has 3 aromatic rings. The largest absolute Gasteiger partial charge is 0.508 e. The topological polar surface area (TPSA) is 66.1 Å². The number of hydrogen-bond donors (Lipinski definition) is 1. The fourth-order valence-electron chi connectivity index (χ4n) is 1.93. The quantitative estimate of drug-likeness (QED) is 0.766. The Balaban J connectivity index is 2.04. The summed E-state index contributed by atoms with van der Waals surface area (Å²) in [6, 6.07) is 17.5. The molecule has 4 heteroatoms. The lowest BCUT2D eigenvalue weighted by Crippen LogP contribution is -1.91.